The third kappa shape index (κ3) is 4.12. The fourth-order valence-electron chi connectivity index (χ4n) is 8.67. The molecule has 0 fully saturated rings. The van der Waals surface area contributed by atoms with E-state index < -0.39 is 0 Å². The van der Waals surface area contributed by atoms with Gasteiger partial charge in [-0.25, -0.2) is 0 Å². The van der Waals surface area contributed by atoms with Crippen LogP contribution >= 0.6 is 0 Å². The van der Waals surface area contributed by atoms with Crippen LogP contribution in [0.25, 0.3) is 105 Å². The summed E-state index contributed by atoms with van der Waals surface area (Å²) < 4.78 is 4.80. The molecule has 0 bridgehead atoms. The van der Waals surface area contributed by atoms with E-state index in [0.717, 1.165) is 11.3 Å². The predicted molar refractivity (Wildman–Crippen MR) is 223 cm³/mol. The van der Waals surface area contributed by atoms with Gasteiger partial charge in [-0.15, -0.1) is 0 Å². The summed E-state index contributed by atoms with van der Waals surface area (Å²) in [5.74, 6) is 0. The van der Waals surface area contributed by atoms with Crippen molar-refractivity contribution in [3.8, 4) is 22.5 Å². The number of fused-ring (bicyclic) bond motifs is 12. The zero-order valence-electron chi connectivity index (χ0n) is 28.4. The molecule has 0 unspecified atom stereocenters. The van der Waals surface area contributed by atoms with Crippen molar-refractivity contribution in [1.82, 2.24) is 9.13 Å². The van der Waals surface area contributed by atoms with Gasteiger partial charge in [0, 0.05) is 32.9 Å². The minimum absolute atomic E-state index is 1.12. The maximum Gasteiger partial charge on any atom is 0.0541 e. The quantitative estimate of drug-likeness (QED) is 0.166. The summed E-state index contributed by atoms with van der Waals surface area (Å²) in [5, 5.41) is 12.7. The Labute approximate surface area is 300 Å². The highest BCUT2D eigenvalue weighted by Crippen LogP contribution is 2.40. The Balaban J connectivity index is 1.12. The number of nitrogens with zero attached hydrogens (tertiary/aromatic N) is 2. The lowest BCUT2D eigenvalue weighted by atomic mass is 9.94. The van der Waals surface area contributed by atoms with Crippen LogP contribution in [-0.2, 0) is 0 Å². The Morgan fingerprint density at radius 2 is 0.769 bits per heavy atom. The second-order valence-corrected chi connectivity index (χ2v) is 13.8. The van der Waals surface area contributed by atoms with Gasteiger partial charge in [0.1, 0.15) is 0 Å². The van der Waals surface area contributed by atoms with Crippen LogP contribution in [0.2, 0.25) is 0 Å². The topological polar surface area (TPSA) is 9.86 Å². The van der Waals surface area contributed by atoms with E-state index >= 15 is 0 Å². The summed E-state index contributed by atoms with van der Waals surface area (Å²) in [7, 11) is 0. The Morgan fingerprint density at radius 1 is 0.308 bits per heavy atom. The van der Waals surface area contributed by atoms with Crippen LogP contribution in [0.4, 0.5) is 0 Å². The molecule has 52 heavy (non-hydrogen) atoms. The van der Waals surface area contributed by atoms with Gasteiger partial charge in [0.05, 0.1) is 22.1 Å². The lowest BCUT2D eigenvalue weighted by Gasteiger charge is -2.14. The molecule has 0 saturated heterocycles. The summed E-state index contributed by atoms with van der Waals surface area (Å²) in [5.41, 5.74) is 10.6. The van der Waals surface area contributed by atoms with Crippen LogP contribution in [-0.4, -0.2) is 9.13 Å². The predicted octanol–water partition coefficient (Wildman–Crippen LogP) is 13.7. The third-order valence-electron chi connectivity index (χ3n) is 11.0. The molecule has 242 valence electrons. The smallest absolute Gasteiger partial charge is 0.0541 e. The maximum atomic E-state index is 4.06. The first kappa shape index (κ1) is 28.9. The van der Waals surface area contributed by atoms with Gasteiger partial charge in [-0.1, -0.05) is 122 Å². The monoisotopic (exact) mass is 660 g/mol. The molecule has 2 nitrogen and oxygen atoms in total. The van der Waals surface area contributed by atoms with Crippen LogP contribution in [0.15, 0.2) is 183 Å². The average Bonchev–Trinajstić information content (AvgIpc) is 3.72. The van der Waals surface area contributed by atoms with E-state index in [1.54, 1.807) is 0 Å². The third-order valence-corrected chi connectivity index (χ3v) is 11.0. The van der Waals surface area contributed by atoms with Crippen molar-refractivity contribution in [3.05, 3.63) is 188 Å². The molecule has 0 N–H and O–H groups in total. The molecular weight excluding hydrogens is 629 g/mol. The highest BCUT2D eigenvalue weighted by atomic mass is 15.0. The average molecular weight is 661 g/mol. The van der Waals surface area contributed by atoms with Crippen molar-refractivity contribution in [3.63, 3.8) is 0 Å². The molecule has 2 heteroatoms. The van der Waals surface area contributed by atoms with Crippen LogP contribution in [0.1, 0.15) is 5.56 Å². The molecule has 0 saturated carbocycles. The molecule has 0 radical (unpaired) electrons. The van der Waals surface area contributed by atoms with Crippen LogP contribution in [0.5, 0.6) is 0 Å². The van der Waals surface area contributed by atoms with E-state index in [-0.39, 0.29) is 0 Å². The molecule has 0 amide bonds. The second-order valence-electron chi connectivity index (χ2n) is 13.8. The first-order valence-electron chi connectivity index (χ1n) is 17.9. The summed E-state index contributed by atoms with van der Waals surface area (Å²) in [4.78, 5) is 0. The van der Waals surface area contributed by atoms with E-state index in [1.807, 2.05) is 6.08 Å². The van der Waals surface area contributed by atoms with E-state index in [2.05, 4.69) is 192 Å². The van der Waals surface area contributed by atoms with E-state index in [0.29, 0.717) is 0 Å². The van der Waals surface area contributed by atoms with Crippen molar-refractivity contribution in [2.45, 2.75) is 0 Å². The maximum absolute atomic E-state index is 4.06. The van der Waals surface area contributed by atoms with Gasteiger partial charge < -0.3 is 9.13 Å². The highest BCUT2D eigenvalue weighted by molar-refractivity contribution is 6.25. The Kier molecular flexibility index (Phi) is 6.14. The van der Waals surface area contributed by atoms with E-state index in [9.17, 15) is 0 Å². The lowest BCUT2D eigenvalue weighted by molar-refractivity contribution is 1.18. The largest absolute Gasteiger partial charge is 0.309 e. The van der Waals surface area contributed by atoms with E-state index in [4.69, 9.17) is 0 Å². The molecule has 0 aliphatic rings. The van der Waals surface area contributed by atoms with Gasteiger partial charge in [0.15, 0.2) is 0 Å². The van der Waals surface area contributed by atoms with Gasteiger partial charge in [-0.2, -0.15) is 0 Å². The highest BCUT2D eigenvalue weighted by Gasteiger charge is 2.17. The SMILES string of the molecule is C=Cc1ccc2c(c1)c1cc(-c3ccc4c(c3)c3ccccc3n4-c3ccc4c5ccccc5c5ccccc5c4c3)ccc1n2-c1ccccc1. The van der Waals surface area contributed by atoms with Gasteiger partial charge in [-0.3, -0.25) is 0 Å². The number of rotatable bonds is 4. The van der Waals surface area contributed by atoms with Crippen molar-refractivity contribution in [2.75, 3.05) is 0 Å². The van der Waals surface area contributed by atoms with Gasteiger partial charge in [-0.05, 0) is 116 Å². The van der Waals surface area contributed by atoms with Crippen LogP contribution in [0, 0.1) is 0 Å². The molecule has 11 aromatic rings. The second kappa shape index (κ2) is 11.1. The van der Waals surface area contributed by atoms with Crippen molar-refractivity contribution in [1.29, 1.82) is 0 Å². The molecule has 0 aliphatic heterocycles. The van der Waals surface area contributed by atoms with Gasteiger partial charge in [0.2, 0.25) is 0 Å². The standard InChI is InChI=1S/C50H32N2/c1-2-32-20-25-48-44(28-32)46-30-34(22-27-50(46)51(48)35-12-4-3-5-13-35)33-21-26-49-45(29-33)42-18-10-11-19-47(42)52(49)36-23-24-41-39-16-7-6-14-37(39)38-15-8-9-17-40(38)43(41)31-36/h2-31H,1H2. The molecule has 11 rings (SSSR count). The molecule has 2 heterocycles. The first-order chi connectivity index (χ1) is 25.7. The normalized spacial score (nSPS) is 11.9. The number of hydrogen-bond donors (Lipinski definition) is 0. The van der Waals surface area contributed by atoms with Crippen molar-refractivity contribution < 1.29 is 0 Å². The minimum Gasteiger partial charge on any atom is -0.309 e. The molecule has 2 aromatic heterocycles. The molecule has 0 spiro atoms. The molecule has 9 aromatic carbocycles. The molecule has 0 aliphatic carbocycles. The Hall–Kier alpha value is -6.90. The number of para-hydroxylation sites is 2. The summed E-state index contributed by atoms with van der Waals surface area (Å²) in [6, 6.07) is 64.6. The van der Waals surface area contributed by atoms with E-state index in [1.165, 1.54) is 92.7 Å². The number of benzene rings is 9. The Bertz CT molecular complexity index is 3210. The fraction of sp³-hybridized carbons (Fsp3) is 0. The number of aromatic nitrogens is 2. The fourth-order valence-corrected chi connectivity index (χ4v) is 8.67. The Morgan fingerprint density at radius 3 is 1.40 bits per heavy atom. The van der Waals surface area contributed by atoms with Crippen molar-refractivity contribution in [2.24, 2.45) is 0 Å². The zero-order valence-corrected chi connectivity index (χ0v) is 28.4. The molecule has 0 atom stereocenters. The number of hydrogen-bond acceptors (Lipinski definition) is 0. The van der Waals surface area contributed by atoms with Gasteiger partial charge in [0.25, 0.3) is 0 Å². The van der Waals surface area contributed by atoms with Crippen molar-refractivity contribution >= 4 is 82.0 Å². The molecular formula is C50H32N2. The lowest BCUT2D eigenvalue weighted by Crippen LogP contribution is -1.94. The minimum atomic E-state index is 1.12. The first-order valence-corrected chi connectivity index (χ1v) is 17.9. The van der Waals surface area contributed by atoms with Gasteiger partial charge >= 0.3 is 0 Å². The van der Waals surface area contributed by atoms with Crippen LogP contribution < -0.4 is 0 Å². The summed E-state index contributed by atoms with van der Waals surface area (Å²) in [6.07, 6.45) is 1.93. The van der Waals surface area contributed by atoms with Crippen LogP contribution in [0.3, 0.4) is 0 Å². The summed E-state index contributed by atoms with van der Waals surface area (Å²) >= 11 is 0. The summed E-state index contributed by atoms with van der Waals surface area (Å²) in [6.45, 7) is 4.06. The zero-order chi connectivity index (χ0) is 34.3.